The van der Waals surface area contributed by atoms with Gasteiger partial charge < -0.3 is 10.2 Å². The Balaban J connectivity index is 2.34. The van der Waals surface area contributed by atoms with E-state index in [1.165, 1.54) is 16.8 Å². The molecule has 1 N–H and O–H groups in total. The van der Waals surface area contributed by atoms with Crippen molar-refractivity contribution in [2.75, 3.05) is 18.0 Å². The number of nitrogens with one attached hydrogen (secondary N) is 1. The van der Waals surface area contributed by atoms with Gasteiger partial charge in [0.05, 0.1) is 18.5 Å². The molecule has 0 spiro atoms. The summed E-state index contributed by atoms with van der Waals surface area (Å²) < 4.78 is 0. The first-order valence-corrected chi connectivity index (χ1v) is 6.56. The number of piperazine rings is 1. The lowest BCUT2D eigenvalue weighted by molar-refractivity contribution is 0.417. The van der Waals surface area contributed by atoms with Crippen LogP contribution >= 0.6 is 0 Å². The summed E-state index contributed by atoms with van der Waals surface area (Å²) >= 11 is 0. The van der Waals surface area contributed by atoms with Gasteiger partial charge in [-0.05, 0) is 44.0 Å². The molecular formula is C15H21N3. The molecule has 1 aromatic rings. The Morgan fingerprint density at radius 1 is 1.28 bits per heavy atom. The number of anilines is 1. The summed E-state index contributed by atoms with van der Waals surface area (Å²) in [6, 6.07) is 9.64. The van der Waals surface area contributed by atoms with Crippen LogP contribution in [-0.2, 0) is 0 Å². The normalized spacial score (nSPS) is 23.8. The van der Waals surface area contributed by atoms with Crippen LogP contribution in [0.3, 0.4) is 0 Å². The Labute approximate surface area is 109 Å². The molecule has 0 saturated carbocycles. The number of rotatable bonds is 2. The van der Waals surface area contributed by atoms with Gasteiger partial charge in [-0.15, -0.1) is 0 Å². The lowest BCUT2D eigenvalue weighted by atomic mass is 10.0. The van der Waals surface area contributed by atoms with E-state index in [9.17, 15) is 0 Å². The highest BCUT2D eigenvalue weighted by atomic mass is 15.2. The van der Waals surface area contributed by atoms with E-state index in [0.717, 1.165) is 13.1 Å². The van der Waals surface area contributed by atoms with Crippen molar-refractivity contribution in [3.63, 3.8) is 0 Å². The molecular weight excluding hydrogens is 222 g/mol. The number of nitrogens with zero attached hydrogens (tertiary/aromatic N) is 2. The van der Waals surface area contributed by atoms with E-state index in [2.05, 4.69) is 55.3 Å². The number of hydrogen-bond acceptors (Lipinski definition) is 3. The van der Waals surface area contributed by atoms with Gasteiger partial charge in [-0.25, -0.2) is 0 Å². The second kappa shape index (κ2) is 5.41. The molecule has 18 heavy (non-hydrogen) atoms. The predicted octanol–water partition coefficient (Wildman–Crippen LogP) is 2.38. The predicted molar refractivity (Wildman–Crippen MR) is 74.7 cm³/mol. The van der Waals surface area contributed by atoms with Crippen LogP contribution in [0.1, 0.15) is 24.5 Å². The Hall–Kier alpha value is -1.53. The molecule has 0 radical (unpaired) electrons. The van der Waals surface area contributed by atoms with Crippen LogP contribution in [0, 0.1) is 25.2 Å². The standard InChI is InChI=1S/C15H21N3/c1-11-6-12(2)8-15(7-11)18-13(3)9-17-10-14(18)4-5-16/h6-8,13-14,17H,4,9-10H2,1-3H3. The summed E-state index contributed by atoms with van der Waals surface area (Å²) in [5, 5.41) is 12.4. The van der Waals surface area contributed by atoms with Crippen molar-refractivity contribution in [2.45, 2.75) is 39.3 Å². The fourth-order valence-electron chi connectivity index (χ4n) is 2.86. The van der Waals surface area contributed by atoms with Crippen molar-refractivity contribution in [3.8, 4) is 6.07 Å². The summed E-state index contributed by atoms with van der Waals surface area (Å²) in [5.74, 6) is 0. The summed E-state index contributed by atoms with van der Waals surface area (Å²) in [6.45, 7) is 8.35. The molecule has 1 heterocycles. The zero-order valence-electron chi connectivity index (χ0n) is 11.4. The lowest BCUT2D eigenvalue weighted by Crippen LogP contribution is -2.56. The Kier molecular flexibility index (Phi) is 3.88. The molecule has 1 aliphatic rings. The number of hydrogen-bond donors (Lipinski definition) is 1. The van der Waals surface area contributed by atoms with Crippen molar-refractivity contribution >= 4 is 5.69 Å². The van der Waals surface area contributed by atoms with Gasteiger partial charge in [-0.2, -0.15) is 5.26 Å². The third kappa shape index (κ3) is 2.65. The zero-order valence-corrected chi connectivity index (χ0v) is 11.4. The van der Waals surface area contributed by atoms with Crippen LogP contribution in [0.15, 0.2) is 18.2 Å². The maximum absolute atomic E-state index is 8.97. The van der Waals surface area contributed by atoms with Gasteiger partial charge in [0.1, 0.15) is 0 Å². The van der Waals surface area contributed by atoms with E-state index in [4.69, 9.17) is 5.26 Å². The molecule has 1 aromatic carbocycles. The third-order valence-electron chi connectivity index (χ3n) is 3.52. The van der Waals surface area contributed by atoms with Gasteiger partial charge in [-0.1, -0.05) is 6.07 Å². The average Bonchev–Trinajstić information content (AvgIpc) is 2.28. The van der Waals surface area contributed by atoms with Gasteiger partial charge in [0.15, 0.2) is 0 Å². The van der Waals surface area contributed by atoms with Gasteiger partial charge in [-0.3, -0.25) is 0 Å². The van der Waals surface area contributed by atoms with Crippen LogP contribution in [0.25, 0.3) is 0 Å². The maximum Gasteiger partial charge on any atom is 0.0643 e. The highest BCUT2D eigenvalue weighted by Gasteiger charge is 2.27. The van der Waals surface area contributed by atoms with Crippen molar-refractivity contribution in [2.24, 2.45) is 0 Å². The van der Waals surface area contributed by atoms with Crippen LogP contribution in [0.5, 0.6) is 0 Å². The molecule has 96 valence electrons. The molecule has 1 fully saturated rings. The van der Waals surface area contributed by atoms with Gasteiger partial charge in [0.2, 0.25) is 0 Å². The average molecular weight is 243 g/mol. The summed E-state index contributed by atoms with van der Waals surface area (Å²) in [4.78, 5) is 2.40. The number of aryl methyl sites for hydroxylation is 2. The van der Waals surface area contributed by atoms with Crippen molar-refractivity contribution < 1.29 is 0 Å². The highest BCUT2D eigenvalue weighted by Crippen LogP contribution is 2.25. The molecule has 3 heteroatoms. The summed E-state index contributed by atoms with van der Waals surface area (Å²) in [7, 11) is 0. The van der Waals surface area contributed by atoms with Gasteiger partial charge in [0, 0.05) is 24.8 Å². The van der Waals surface area contributed by atoms with E-state index in [1.54, 1.807) is 0 Å². The van der Waals surface area contributed by atoms with Crippen LogP contribution in [0.4, 0.5) is 5.69 Å². The molecule has 2 rings (SSSR count). The van der Waals surface area contributed by atoms with Crippen LogP contribution in [-0.4, -0.2) is 25.2 Å². The minimum atomic E-state index is 0.278. The van der Waals surface area contributed by atoms with E-state index >= 15 is 0 Å². The topological polar surface area (TPSA) is 39.1 Å². The molecule has 2 atom stereocenters. The SMILES string of the molecule is Cc1cc(C)cc(N2C(C)CNCC2CC#N)c1. The molecule has 1 aliphatic heterocycles. The van der Waals surface area contributed by atoms with Crippen molar-refractivity contribution in [1.29, 1.82) is 5.26 Å². The monoisotopic (exact) mass is 243 g/mol. The molecule has 0 amide bonds. The number of benzene rings is 1. The van der Waals surface area contributed by atoms with Gasteiger partial charge >= 0.3 is 0 Å². The van der Waals surface area contributed by atoms with Crippen LogP contribution in [0.2, 0.25) is 0 Å². The summed E-state index contributed by atoms with van der Waals surface area (Å²) in [6.07, 6.45) is 0.574. The summed E-state index contributed by atoms with van der Waals surface area (Å²) in [5.41, 5.74) is 3.82. The second-order valence-corrected chi connectivity index (χ2v) is 5.28. The maximum atomic E-state index is 8.97. The zero-order chi connectivity index (χ0) is 13.1. The van der Waals surface area contributed by atoms with Gasteiger partial charge in [0.25, 0.3) is 0 Å². The third-order valence-corrected chi connectivity index (χ3v) is 3.52. The Bertz CT molecular complexity index is 441. The van der Waals surface area contributed by atoms with Crippen molar-refractivity contribution in [3.05, 3.63) is 29.3 Å². The second-order valence-electron chi connectivity index (χ2n) is 5.28. The van der Waals surface area contributed by atoms with E-state index in [1.807, 2.05) is 0 Å². The fourth-order valence-corrected chi connectivity index (χ4v) is 2.86. The van der Waals surface area contributed by atoms with E-state index < -0.39 is 0 Å². The molecule has 3 nitrogen and oxygen atoms in total. The Morgan fingerprint density at radius 3 is 2.56 bits per heavy atom. The minimum absolute atomic E-state index is 0.278. The quantitative estimate of drug-likeness (QED) is 0.867. The first-order valence-electron chi connectivity index (χ1n) is 6.56. The first kappa shape index (κ1) is 12.9. The molecule has 1 saturated heterocycles. The molecule has 0 aliphatic carbocycles. The molecule has 0 aromatic heterocycles. The van der Waals surface area contributed by atoms with Crippen LogP contribution < -0.4 is 10.2 Å². The smallest absolute Gasteiger partial charge is 0.0643 e. The lowest BCUT2D eigenvalue weighted by Gasteiger charge is -2.42. The Morgan fingerprint density at radius 2 is 1.94 bits per heavy atom. The molecule has 0 bridgehead atoms. The van der Waals surface area contributed by atoms with E-state index in [0.29, 0.717) is 12.5 Å². The first-order chi connectivity index (χ1) is 8.61. The highest BCUT2D eigenvalue weighted by molar-refractivity contribution is 5.53. The van der Waals surface area contributed by atoms with Crippen molar-refractivity contribution in [1.82, 2.24) is 5.32 Å². The van der Waals surface area contributed by atoms with E-state index in [-0.39, 0.29) is 6.04 Å². The number of nitriles is 1. The molecule has 2 unspecified atom stereocenters. The largest absolute Gasteiger partial charge is 0.362 e. The minimum Gasteiger partial charge on any atom is -0.362 e. The fraction of sp³-hybridized carbons (Fsp3) is 0.533.